The third-order valence-corrected chi connectivity index (χ3v) is 4.33. The molecule has 0 radical (unpaired) electrons. The number of imidazole rings is 1. The maximum absolute atomic E-state index is 5.28. The lowest BCUT2D eigenvalue weighted by molar-refractivity contribution is 1.12. The molecule has 2 nitrogen and oxygen atoms in total. The molecule has 3 rings (SSSR count). The maximum atomic E-state index is 5.28. The van der Waals surface area contributed by atoms with Crippen molar-refractivity contribution in [1.29, 1.82) is 0 Å². The van der Waals surface area contributed by atoms with Gasteiger partial charge in [-0.3, -0.25) is 4.40 Å². The topological polar surface area (TPSA) is 20.2 Å². The summed E-state index contributed by atoms with van der Waals surface area (Å²) in [5, 5.41) is 0. The number of halogens is 1. The van der Waals surface area contributed by atoms with Crippen LogP contribution in [0.2, 0.25) is 0 Å². The van der Waals surface area contributed by atoms with Crippen molar-refractivity contribution in [3.8, 4) is 10.6 Å². The van der Waals surface area contributed by atoms with Crippen molar-refractivity contribution >= 4 is 45.0 Å². The Morgan fingerprint density at radius 3 is 2.88 bits per heavy atom. The first-order valence-corrected chi connectivity index (χ1v) is 6.72. The standard InChI is InChI=1S/C11H7BrN2S2/c12-9-5-4-8(16-9)10-7-3-1-2-6-14(7)11(15)13-10/h1-6H,(H,13,15). The van der Waals surface area contributed by atoms with Crippen molar-refractivity contribution < 1.29 is 0 Å². The molecule has 0 bridgehead atoms. The molecule has 5 heteroatoms. The summed E-state index contributed by atoms with van der Waals surface area (Å²) >= 11 is 10.4. The third-order valence-electron chi connectivity index (χ3n) is 2.39. The highest BCUT2D eigenvalue weighted by Gasteiger charge is 2.08. The smallest absolute Gasteiger partial charge is 0.182 e. The molecule has 80 valence electrons. The summed E-state index contributed by atoms with van der Waals surface area (Å²) in [7, 11) is 0. The lowest BCUT2D eigenvalue weighted by Crippen LogP contribution is -1.80. The van der Waals surface area contributed by atoms with E-state index in [0.29, 0.717) is 0 Å². The highest BCUT2D eigenvalue weighted by atomic mass is 79.9. The normalized spacial score (nSPS) is 11.1. The molecule has 3 aromatic heterocycles. The van der Waals surface area contributed by atoms with Crippen molar-refractivity contribution in [3.05, 3.63) is 45.1 Å². The molecule has 1 N–H and O–H groups in total. The average Bonchev–Trinajstić information content (AvgIpc) is 2.84. The van der Waals surface area contributed by atoms with E-state index in [1.165, 1.54) is 4.88 Å². The van der Waals surface area contributed by atoms with Crippen LogP contribution in [-0.4, -0.2) is 9.38 Å². The zero-order valence-electron chi connectivity index (χ0n) is 8.11. The molecule has 0 amide bonds. The van der Waals surface area contributed by atoms with Crippen LogP contribution in [0.1, 0.15) is 0 Å². The van der Waals surface area contributed by atoms with Gasteiger partial charge >= 0.3 is 0 Å². The Morgan fingerprint density at radius 2 is 2.12 bits per heavy atom. The summed E-state index contributed by atoms with van der Waals surface area (Å²) in [6.45, 7) is 0. The van der Waals surface area contributed by atoms with E-state index < -0.39 is 0 Å². The van der Waals surface area contributed by atoms with E-state index in [1.54, 1.807) is 11.3 Å². The molecule has 16 heavy (non-hydrogen) atoms. The Labute approximate surface area is 110 Å². The number of hydrogen-bond acceptors (Lipinski definition) is 2. The summed E-state index contributed by atoms with van der Waals surface area (Å²) in [5.74, 6) is 0. The fourth-order valence-electron chi connectivity index (χ4n) is 1.69. The van der Waals surface area contributed by atoms with Gasteiger partial charge in [-0.2, -0.15) is 0 Å². The molecule has 3 aromatic rings. The minimum Gasteiger partial charge on any atom is -0.329 e. The van der Waals surface area contributed by atoms with Gasteiger partial charge in [-0.25, -0.2) is 0 Å². The van der Waals surface area contributed by atoms with Crippen molar-refractivity contribution in [2.24, 2.45) is 0 Å². The first-order valence-electron chi connectivity index (χ1n) is 4.71. The molecule has 0 aliphatic heterocycles. The second kappa shape index (κ2) is 3.84. The van der Waals surface area contributed by atoms with E-state index in [2.05, 4.69) is 33.0 Å². The van der Waals surface area contributed by atoms with Crippen LogP contribution < -0.4 is 0 Å². The van der Waals surface area contributed by atoms with Gasteiger partial charge in [-0.1, -0.05) is 6.07 Å². The van der Waals surface area contributed by atoms with Crippen molar-refractivity contribution in [1.82, 2.24) is 9.38 Å². The van der Waals surface area contributed by atoms with Crippen LogP contribution in [0.5, 0.6) is 0 Å². The summed E-state index contributed by atoms with van der Waals surface area (Å²) in [6, 6.07) is 10.2. The number of hydrogen-bond donors (Lipinski definition) is 1. The van der Waals surface area contributed by atoms with Gasteiger partial charge in [0.2, 0.25) is 0 Å². The Kier molecular flexibility index (Phi) is 2.46. The number of aromatic nitrogens is 2. The van der Waals surface area contributed by atoms with Crippen LogP contribution >= 0.6 is 39.5 Å². The molecule has 0 saturated carbocycles. The quantitative estimate of drug-likeness (QED) is 0.657. The monoisotopic (exact) mass is 310 g/mol. The van der Waals surface area contributed by atoms with E-state index in [0.717, 1.165) is 19.8 Å². The molecule has 0 aliphatic carbocycles. The largest absolute Gasteiger partial charge is 0.329 e. The fourth-order valence-corrected chi connectivity index (χ4v) is 3.35. The van der Waals surface area contributed by atoms with Crippen molar-refractivity contribution in [3.63, 3.8) is 0 Å². The molecule has 0 aromatic carbocycles. The second-order valence-electron chi connectivity index (χ2n) is 3.36. The number of H-pyrrole nitrogens is 1. The Hall–Kier alpha value is -0.910. The molecule has 0 unspecified atom stereocenters. The number of aromatic amines is 1. The predicted molar refractivity (Wildman–Crippen MR) is 73.6 cm³/mol. The molecule has 0 atom stereocenters. The van der Waals surface area contributed by atoms with Gasteiger partial charge in [0.05, 0.1) is 19.9 Å². The summed E-state index contributed by atoms with van der Waals surface area (Å²) in [5.41, 5.74) is 2.20. The Morgan fingerprint density at radius 1 is 1.25 bits per heavy atom. The van der Waals surface area contributed by atoms with Gasteiger partial charge in [0.15, 0.2) is 4.77 Å². The van der Waals surface area contributed by atoms with E-state index in [9.17, 15) is 0 Å². The van der Waals surface area contributed by atoms with Gasteiger partial charge < -0.3 is 4.98 Å². The average molecular weight is 311 g/mol. The zero-order valence-corrected chi connectivity index (χ0v) is 11.3. The minimum atomic E-state index is 0.732. The number of thiophene rings is 1. The molecule has 0 fully saturated rings. The number of nitrogens with zero attached hydrogens (tertiary/aromatic N) is 1. The molecular formula is C11H7BrN2S2. The SMILES string of the molecule is S=c1[nH]c(-c2ccc(Br)s2)c2ccccn12. The number of rotatable bonds is 1. The van der Waals surface area contributed by atoms with Gasteiger partial charge in [-0.05, 0) is 52.4 Å². The maximum Gasteiger partial charge on any atom is 0.182 e. The minimum absolute atomic E-state index is 0.732. The number of pyridine rings is 1. The summed E-state index contributed by atoms with van der Waals surface area (Å²) < 4.78 is 3.84. The summed E-state index contributed by atoms with van der Waals surface area (Å²) in [4.78, 5) is 4.44. The zero-order chi connectivity index (χ0) is 11.1. The highest BCUT2D eigenvalue weighted by molar-refractivity contribution is 9.11. The molecule has 0 saturated heterocycles. The van der Waals surface area contributed by atoms with Crippen LogP contribution in [0.15, 0.2) is 40.3 Å². The van der Waals surface area contributed by atoms with Crippen LogP contribution in [0.25, 0.3) is 16.1 Å². The fraction of sp³-hybridized carbons (Fsp3) is 0. The molecule has 3 heterocycles. The van der Waals surface area contributed by atoms with Crippen LogP contribution in [0, 0.1) is 4.77 Å². The third kappa shape index (κ3) is 1.55. The molecule has 0 aliphatic rings. The first-order chi connectivity index (χ1) is 7.75. The van der Waals surface area contributed by atoms with E-state index in [1.807, 2.05) is 28.8 Å². The van der Waals surface area contributed by atoms with Crippen LogP contribution in [0.3, 0.4) is 0 Å². The van der Waals surface area contributed by atoms with E-state index in [4.69, 9.17) is 12.2 Å². The van der Waals surface area contributed by atoms with Gasteiger partial charge in [0, 0.05) is 6.20 Å². The van der Waals surface area contributed by atoms with Crippen molar-refractivity contribution in [2.45, 2.75) is 0 Å². The second-order valence-corrected chi connectivity index (χ2v) is 6.21. The van der Waals surface area contributed by atoms with Gasteiger partial charge in [0.25, 0.3) is 0 Å². The summed E-state index contributed by atoms with van der Waals surface area (Å²) in [6.07, 6.45) is 1.97. The molecule has 0 spiro atoms. The highest BCUT2D eigenvalue weighted by Crippen LogP contribution is 2.32. The van der Waals surface area contributed by atoms with Gasteiger partial charge in [0.1, 0.15) is 0 Å². The lowest BCUT2D eigenvalue weighted by atomic mass is 10.3. The van der Waals surface area contributed by atoms with Crippen LogP contribution in [0.4, 0.5) is 0 Å². The lowest BCUT2D eigenvalue weighted by Gasteiger charge is -1.94. The molecular weight excluding hydrogens is 304 g/mol. The Balaban J connectivity index is 2.36. The predicted octanol–water partition coefficient (Wildman–Crippen LogP) is 4.49. The van der Waals surface area contributed by atoms with E-state index >= 15 is 0 Å². The first kappa shape index (κ1) is 10.3. The van der Waals surface area contributed by atoms with E-state index in [-0.39, 0.29) is 0 Å². The Bertz CT molecular complexity index is 708. The van der Waals surface area contributed by atoms with Gasteiger partial charge in [-0.15, -0.1) is 11.3 Å². The van der Waals surface area contributed by atoms with Crippen LogP contribution in [-0.2, 0) is 0 Å². The number of nitrogens with one attached hydrogen (secondary N) is 1. The number of fused-ring (bicyclic) bond motifs is 1. The van der Waals surface area contributed by atoms with Crippen molar-refractivity contribution in [2.75, 3.05) is 0 Å².